The van der Waals surface area contributed by atoms with Crippen LogP contribution in [0.3, 0.4) is 0 Å². The van der Waals surface area contributed by atoms with Gasteiger partial charge in [-0.2, -0.15) is 0 Å². The molecule has 0 aliphatic rings. The lowest BCUT2D eigenvalue weighted by Gasteiger charge is -2.07. The van der Waals surface area contributed by atoms with E-state index in [2.05, 4.69) is 4.74 Å². The molecule has 0 heterocycles. The van der Waals surface area contributed by atoms with E-state index in [9.17, 15) is 22.0 Å². The molecule has 0 aromatic heterocycles. The third-order valence-electron chi connectivity index (χ3n) is 1.05. The van der Waals surface area contributed by atoms with Gasteiger partial charge in [-0.05, 0) is 6.07 Å². The summed E-state index contributed by atoms with van der Waals surface area (Å²) in [6, 6.07) is 2.47. The minimum absolute atomic E-state index is 0.267. The van der Waals surface area contributed by atoms with Crippen molar-refractivity contribution in [1.29, 1.82) is 0 Å². The summed E-state index contributed by atoms with van der Waals surface area (Å²) in [5, 5.41) is 0. The molecule has 0 atom stereocenters. The molecule has 0 bridgehead atoms. The zero-order valence-electron chi connectivity index (χ0n) is 5.95. The summed E-state index contributed by atoms with van der Waals surface area (Å²) in [5.74, 6) is -3.61. The minimum Gasteiger partial charge on any atom is -0.405 e. The lowest BCUT2D eigenvalue weighted by atomic mass is 10.3. The van der Waals surface area contributed by atoms with Gasteiger partial charge in [-0.1, -0.05) is 0 Å². The number of rotatable bonds is 1. The molecule has 6 heteroatoms. The van der Waals surface area contributed by atoms with Crippen molar-refractivity contribution in [2.45, 2.75) is 6.36 Å². The second-order valence-corrected chi connectivity index (χ2v) is 2.04. The summed E-state index contributed by atoms with van der Waals surface area (Å²) in [6.45, 7) is 0. The largest absolute Gasteiger partial charge is 0.573 e. The number of benzene rings is 1. The van der Waals surface area contributed by atoms with Gasteiger partial charge in [0, 0.05) is 12.1 Å². The molecule has 0 spiro atoms. The Hall–Kier alpha value is -1.33. The maximum Gasteiger partial charge on any atom is 0.573 e. The highest BCUT2D eigenvalue weighted by Gasteiger charge is 2.31. The van der Waals surface area contributed by atoms with Crippen LogP contribution in [0, 0.1) is 17.7 Å². The van der Waals surface area contributed by atoms with Crippen molar-refractivity contribution in [2.24, 2.45) is 0 Å². The fourth-order valence-electron chi connectivity index (χ4n) is 0.613. The van der Waals surface area contributed by atoms with Crippen LogP contribution in [0.1, 0.15) is 0 Å². The molecule has 13 heavy (non-hydrogen) atoms. The topological polar surface area (TPSA) is 9.23 Å². The SMILES string of the molecule is Fc1c[c]c(OC(F)(F)F)cc1F. The Morgan fingerprint density at radius 1 is 1.15 bits per heavy atom. The van der Waals surface area contributed by atoms with Crippen molar-refractivity contribution < 1.29 is 26.7 Å². The van der Waals surface area contributed by atoms with Crippen LogP contribution in [0.2, 0.25) is 0 Å². The third kappa shape index (κ3) is 2.89. The Labute approximate surface area is 69.7 Å². The van der Waals surface area contributed by atoms with E-state index in [-0.39, 0.29) is 6.07 Å². The van der Waals surface area contributed by atoms with Gasteiger partial charge in [0.2, 0.25) is 0 Å². The lowest BCUT2D eigenvalue weighted by molar-refractivity contribution is -0.274. The van der Waals surface area contributed by atoms with Crippen molar-refractivity contribution >= 4 is 0 Å². The van der Waals surface area contributed by atoms with E-state index in [0.29, 0.717) is 6.07 Å². The van der Waals surface area contributed by atoms with Gasteiger partial charge >= 0.3 is 6.36 Å². The zero-order valence-corrected chi connectivity index (χ0v) is 5.95. The molecule has 0 amide bonds. The molecular weight excluding hydrogens is 195 g/mol. The van der Waals surface area contributed by atoms with E-state index in [1.165, 1.54) is 0 Å². The second kappa shape index (κ2) is 3.20. The van der Waals surface area contributed by atoms with Crippen molar-refractivity contribution in [3.63, 3.8) is 0 Å². The molecule has 1 radical (unpaired) electrons. The highest BCUT2D eigenvalue weighted by atomic mass is 19.4. The van der Waals surface area contributed by atoms with Crippen molar-refractivity contribution in [1.82, 2.24) is 0 Å². The molecule has 71 valence electrons. The Balaban J connectivity index is 2.86. The zero-order chi connectivity index (χ0) is 10.1. The van der Waals surface area contributed by atoms with Crippen molar-refractivity contribution in [3.8, 4) is 5.75 Å². The standard InChI is InChI=1S/C7H2F5O/c8-5-2-1-4(3-6(5)9)13-7(10,11)12/h2-3H. The van der Waals surface area contributed by atoms with Crippen LogP contribution in [0.5, 0.6) is 5.75 Å². The minimum atomic E-state index is -4.93. The van der Waals surface area contributed by atoms with Crippen LogP contribution >= 0.6 is 0 Å². The third-order valence-corrected chi connectivity index (χ3v) is 1.05. The maximum atomic E-state index is 12.3. The predicted octanol–water partition coefficient (Wildman–Crippen LogP) is 2.66. The van der Waals surface area contributed by atoms with Gasteiger partial charge < -0.3 is 4.74 Å². The van der Waals surface area contributed by atoms with Crippen molar-refractivity contribution in [3.05, 3.63) is 29.8 Å². The first-order valence-corrected chi connectivity index (χ1v) is 3.01. The second-order valence-electron chi connectivity index (χ2n) is 2.04. The summed E-state index contributed by atoms with van der Waals surface area (Å²) in [4.78, 5) is 0. The first-order chi connectivity index (χ1) is 5.88. The Morgan fingerprint density at radius 2 is 1.77 bits per heavy atom. The first-order valence-electron chi connectivity index (χ1n) is 3.01. The van der Waals surface area contributed by atoms with E-state index in [4.69, 9.17) is 0 Å². The quantitative estimate of drug-likeness (QED) is 0.629. The first kappa shape index (κ1) is 9.76. The van der Waals surface area contributed by atoms with E-state index in [1.807, 2.05) is 0 Å². The average Bonchev–Trinajstić information content (AvgIpc) is 1.94. The fourth-order valence-corrected chi connectivity index (χ4v) is 0.613. The van der Waals surface area contributed by atoms with Crippen LogP contribution in [-0.4, -0.2) is 6.36 Å². The predicted molar refractivity (Wildman–Crippen MR) is 31.9 cm³/mol. The summed E-state index contributed by atoms with van der Waals surface area (Å²) in [7, 11) is 0. The van der Waals surface area contributed by atoms with Crippen LogP contribution in [0.4, 0.5) is 22.0 Å². The molecule has 0 unspecified atom stereocenters. The van der Waals surface area contributed by atoms with Gasteiger partial charge in [0.25, 0.3) is 0 Å². The van der Waals surface area contributed by atoms with Gasteiger partial charge in [0.05, 0.1) is 0 Å². The van der Waals surface area contributed by atoms with Crippen molar-refractivity contribution in [2.75, 3.05) is 0 Å². The molecule has 1 aromatic rings. The number of halogens is 5. The molecular formula is C7H2F5O. The molecule has 0 saturated heterocycles. The molecule has 0 saturated carbocycles. The van der Waals surface area contributed by atoms with Crippen LogP contribution in [0.15, 0.2) is 12.1 Å². The number of ether oxygens (including phenoxy) is 1. The fraction of sp³-hybridized carbons (Fsp3) is 0.143. The van der Waals surface area contributed by atoms with Gasteiger partial charge in [0.15, 0.2) is 11.6 Å². The van der Waals surface area contributed by atoms with Crippen LogP contribution in [-0.2, 0) is 0 Å². The molecule has 0 aliphatic heterocycles. The normalized spacial score (nSPS) is 11.5. The summed E-state index contributed by atoms with van der Waals surface area (Å²) >= 11 is 0. The molecule has 1 rings (SSSR count). The van der Waals surface area contributed by atoms with Gasteiger partial charge in [-0.25, -0.2) is 8.78 Å². The Kier molecular flexibility index (Phi) is 2.40. The van der Waals surface area contributed by atoms with E-state index in [0.717, 1.165) is 0 Å². The number of alkyl halides is 3. The van der Waals surface area contributed by atoms with Gasteiger partial charge in [-0.15, -0.1) is 13.2 Å². The molecule has 0 N–H and O–H groups in total. The maximum absolute atomic E-state index is 12.3. The van der Waals surface area contributed by atoms with Gasteiger partial charge in [-0.3, -0.25) is 0 Å². The molecule has 1 aromatic carbocycles. The number of hydrogen-bond acceptors (Lipinski definition) is 1. The highest BCUT2D eigenvalue weighted by molar-refractivity contribution is 5.22. The molecule has 0 aliphatic carbocycles. The van der Waals surface area contributed by atoms with Crippen LogP contribution in [0.25, 0.3) is 0 Å². The monoisotopic (exact) mass is 197 g/mol. The average molecular weight is 197 g/mol. The highest BCUT2D eigenvalue weighted by Crippen LogP contribution is 2.23. The van der Waals surface area contributed by atoms with Crippen LogP contribution < -0.4 is 4.74 Å². The lowest BCUT2D eigenvalue weighted by Crippen LogP contribution is -2.17. The van der Waals surface area contributed by atoms with E-state index < -0.39 is 23.7 Å². The molecule has 1 nitrogen and oxygen atoms in total. The Bertz CT molecular complexity index is 306. The van der Waals surface area contributed by atoms with Gasteiger partial charge in [0.1, 0.15) is 5.75 Å². The van der Waals surface area contributed by atoms with E-state index in [1.54, 1.807) is 6.07 Å². The summed E-state index contributed by atoms with van der Waals surface area (Å²) in [6.07, 6.45) is -4.93. The summed E-state index contributed by atoms with van der Waals surface area (Å²) in [5.41, 5.74) is 0. The van der Waals surface area contributed by atoms with E-state index >= 15 is 0 Å². The Morgan fingerprint density at radius 3 is 2.23 bits per heavy atom. The number of hydrogen-bond donors (Lipinski definition) is 0. The smallest absolute Gasteiger partial charge is 0.405 e. The molecule has 0 fully saturated rings. The summed E-state index contributed by atoms with van der Waals surface area (Å²) < 4.78 is 62.3.